The molecule has 1 atom stereocenters. The van der Waals surface area contributed by atoms with Crippen molar-refractivity contribution in [2.24, 2.45) is 11.3 Å². The molecule has 5 nitrogen and oxygen atoms in total. The van der Waals surface area contributed by atoms with Crippen LogP contribution in [-0.2, 0) is 10.0 Å². The Kier molecular flexibility index (Phi) is 5.51. The van der Waals surface area contributed by atoms with Gasteiger partial charge in [-0.3, -0.25) is 0 Å². The van der Waals surface area contributed by atoms with E-state index in [1.165, 1.54) is 12.1 Å². The molecule has 0 aliphatic rings. The van der Waals surface area contributed by atoms with Crippen LogP contribution in [0.2, 0.25) is 0 Å². The SMILES string of the molecule is CC(C)C(O)C(C)(C)CNS(=O)(=O)c1ccccc1C#N. The quantitative estimate of drug-likeness (QED) is 0.839. The van der Waals surface area contributed by atoms with E-state index in [4.69, 9.17) is 5.26 Å². The van der Waals surface area contributed by atoms with Crippen LogP contribution in [0.1, 0.15) is 33.3 Å². The first-order valence-electron chi connectivity index (χ1n) is 6.78. The lowest BCUT2D eigenvalue weighted by Crippen LogP contribution is -2.43. The van der Waals surface area contributed by atoms with Crippen molar-refractivity contribution in [1.82, 2.24) is 4.72 Å². The second-order valence-electron chi connectivity index (χ2n) is 6.11. The molecule has 0 aliphatic carbocycles. The second-order valence-corrected chi connectivity index (χ2v) is 7.85. The maximum absolute atomic E-state index is 12.3. The van der Waals surface area contributed by atoms with Crippen molar-refractivity contribution in [3.8, 4) is 6.07 Å². The Bertz CT molecular complexity index is 631. The van der Waals surface area contributed by atoms with Gasteiger partial charge in [-0.05, 0) is 18.1 Å². The number of hydrogen-bond donors (Lipinski definition) is 2. The van der Waals surface area contributed by atoms with Crippen molar-refractivity contribution < 1.29 is 13.5 Å². The number of nitriles is 1. The fourth-order valence-corrected chi connectivity index (χ4v) is 3.54. The number of aliphatic hydroxyl groups excluding tert-OH is 1. The Balaban J connectivity index is 2.95. The maximum atomic E-state index is 12.3. The van der Waals surface area contributed by atoms with Crippen LogP contribution in [-0.4, -0.2) is 26.2 Å². The van der Waals surface area contributed by atoms with Crippen molar-refractivity contribution in [2.45, 2.75) is 38.7 Å². The Morgan fingerprint density at radius 3 is 2.43 bits per heavy atom. The highest BCUT2D eigenvalue weighted by Gasteiger charge is 2.32. The summed E-state index contributed by atoms with van der Waals surface area (Å²) in [6, 6.07) is 7.92. The molecule has 1 aromatic carbocycles. The Hall–Kier alpha value is -1.42. The molecule has 0 heterocycles. The first-order chi connectivity index (χ1) is 9.62. The number of aliphatic hydroxyl groups is 1. The van der Waals surface area contributed by atoms with Gasteiger partial charge in [0.2, 0.25) is 10.0 Å². The molecular formula is C15H22N2O3S. The number of sulfonamides is 1. The summed E-state index contributed by atoms with van der Waals surface area (Å²) in [7, 11) is -3.78. The maximum Gasteiger partial charge on any atom is 0.241 e. The van der Waals surface area contributed by atoms with Gasteiger partial charge in [0, 0.05) is 12.0 Å². The molecule has 116 valence electrons. The summed E-state index contributed by atoms with van der Waals surface area (Å²) in [5.74, 6) is 0.0240. The number of nitrogens with zero attached hydrogens (tertiary/aromatic N) is 1. The van der Waals surface area contributed by atoms with Gasteiger partial charge in [-0.15, -0.1) is 0 Å². The van der Waals surface area contributed by atoms with Crippen molar-refractivity contribution in [1.29, 1.82) is 5.26 Å². The Morgan fingerprint density at radius 2 is 1.90 bits per heavy atom. The second kappa shape index (κ2) is 6.56. The van der Waals surface area contributed by atoms with Gasteiger partial charge in [-0.2, -0.15) is 5.26 Å². The summed E-state index contributed by atoms with van der Waals surface area (Å²) >= 11 is 0. The zero-order chi connectivity index (χ0) is 16.3. The summed E-state index contributed by atoms with van der Waals surface area (Å²) < 4.78 is 27.1. The van der Waals surface area contributed by atoms with E-state index in [0.29, 0.717) is 0 Å². The Morgan fingerprint density at radius 1 is 1.33 bits per heavy atom. The third kappa shape index (κ3) is 4.27. The third-order valence-electron chi connectivity index (χ3n) is 3.45. The molecule has 0 radical (unpaired) electrons. The van der Waals surface area contributed by atoms with Crippen LogP contribution in [0.5, 0.6) is 0 Å². The summed E-state index contributed by atoms with van der Waals surface area (Å²) in [6.07, 6.45) is -0.633. The van der Waals surface area contributed by atoms with Crippen LogP contribution in [0, 0.1) is 22.7 Å². The lowest BCUT2D eigenvalue weighted by atomic mass is 9.81. The molecule has 0 amide bonds. The van der Waals surface area contributed by atoms with Crippen molar-refractivity contribution in [2.75, 3.05) is 6.54 Å². The highest BCUT2D eigenvalue weighted by molar-refractivity contribution is 7.89. The average Bonchev–Trinajstić information content (AvgIpc) is 2.44. The van der Waals surface area contributed by atoms with E-state index in [1.807, 2.05) is 19.9 Å². The Labute approximate surface area is 126 Å². The summed E-state index contributed by atoms with van der Waals surface area (Å²) in [6.45, 7) is 7.46. The largest absolute Gasteiger partial charge is 0.392 e. The van der Waals surface area contributed by atoms with Gasteiger partial charge in [0.1, 0.15) is 6.07 Å². The molecule has 2 N–H and O–H groups in total. The normalized spacial score (nSPS) is 14.0. The van der Waals surface area contributed by atoms with Gasteiger partial charge in [-0.25, -0.2) is 13.1 Å². The summed E-state index contributed by atoms with van der Waals surface area (Å²) in [5, 5.41) is 19.1. The van der Waals surface area contributed by atoms with E-state index in [1.54, 1.807) is 26.0 Å². The van der Waals surface area contributed by atoms with Crippen LogP contribution in [0.25, 0.3) is 0 Å². The predicted octanol–water partition coefficient (Wildman–Crippen LogP) is 1.88. The molecule has 1 unspecified atom stereocenters. The standard InChI is InChI=1S/C15H22N2O3S/c1-11(2)14(18)15(3,4)10-17-21(19,20)13-8-6-5-7-12(13)9-16/h5-8,11,14,17-18H,10H2,1-4H3. The molecule has 1 rings (SSSR count). The number of hydrogen-bond acceptors (Lipinski definition) is 4. The zero-order valence-electron chi connectivity index (χ0n) is 12.8. The van der Waals surface area contributed by atoms with Gasteiger partial charge >= 0.3 is 0 Å². The number of benzene rings is 1. The van der Waals surface area contributed by atoms with Crippen LogP contribution in [0.3, 0.4) is 0 Å². The van der Waals surface area contributed by atoms with Crippen LogP contribution >= 0.6 is 0 Å². The molecule has 1 aromatic rings. The van der Waals surface area contributed by atoms with E-state index in [-0.39, 0.29) is 22.9 Å². The van der Waals surface area contributed by atoms with E-state index in [9.17, 15) is 13.5 Å². The predicted molar refractivity (Wildman–Crippen MR) is 81.0 cm³/mol. The van der Waals surface area contributed by atoms with Gasteiger partial charge in [0.25, 0.3) is 0 Å². The molecular weight excluding hydrogens is 288 g/mol. The van der Waals surface area contributed by atoms with Gasteiger partial charge in [0.15, 0.2) is 0 Å². The minimum Gasteiger partial charge on any atom is -0.392 e. The monoisotopic (exact) mass is 310 g/mol. The first kappa shape index (κ1) is 17.6. The fraction of sp³-hybridized carbons (Fsp3) is 0.533. The molecule has 6 heteroatoms. The average molecular weight is 310 g/mol. The van der Waals surface area contributed by atoms with Crippen molar-refractivity contribution >= 4 is 10.0 Å². The third-order valence-corrected chi connectivity index (χ3v) is 4.91. The molecule has 0 fully saturated rings. The van der Waals surface area contributed by atoms with Gasteiger partial charge in [-0.1, -0.05) is 39.8 Å². The van der Waals surface area contributed by atoms with E-state index < -0.39 is 21.5 Å². The van der Waals surface area contributed by atoms with Crippen LogP contribution < -0.4 is 4.72 Å². The molecule has 21 heavy (non-hydrogen) atoms. The highest BCUT2D eigenvalue weighted by atomic mass is 32.2. The number of rotatable bonds is 6. The smallest absolute Gasteiger partial charge is 0.241 e. The lowest BCUT2D eigenvalue weighted by Gasteiger charge is -2.33. The fourth-order valence-electron chi connectivity index (χ4n) is 2.16. The van der Waals surface area contributed by atoms with Crippen molar-refractivity contribution in [3.05, 3.63) is 29.8 Å². The lowest BCUT2D eigenvalue weighted by molar-refractivity contribution is 0.0166. The first-order valence-corrected chi connectivity index (χ1v) is 8.27. The number of nitrogens with one attached hydrogen (secondary N) is 1. The van der Waals surface area contributed by atoms with Crippen LogP contribution in [0.4, 0.5) is 0 Å². The van der Waals surface area contributed by atoms with Crippen molar-refractivity contribution in [3.63, 3.8) is 0 Å². The molecule has 0 spiro atoms. The topological polar surface area (TPSA) is 90.2 Å². The molecule has 0 saturated heterocycles. The minimum atomic E-state index is -3.78. The summed E-state index contributed by atoms with van der Waals surface area (Å²) in [4.78, 5) is -0.0395. The van der Waals surface area contributed by atoms with Gasteiger partial charge in [0.05, 0.1) is 16.6 Å². The molecule has 0 aliphatic heterocycles. The molecule has 0 aromatic heterocycles. The zero-order valence-corrected chi connectivity index (χ0v) is 13.6. The molecule has 0 saturated carbocycles. The van der Waals surface area contributed by atoms with E-state index in [0.717, 1.165) is 0 Å². The summed E-state index contributed by atoms with van der Waals surface area (Å²) in [5.41, 5.74) is -0.504. The van der Waals surface area contributed by atoms with Crippen LogP contribution in [0.15, 0.2) is 29.2 Å². The molecule has 0 bridgehead atoms. The van der Waals surface area contributed by atoms with E-state index in [2.05, 4.69) is 4.72 Å². The minimum absolute atomic E-state index is 0.0240. The van der Waals surface area contributed by atoms with Gasteiger partial charge < -0.3 is 5.11 Å². The highest BCUT2D eigenvalue weighted by Crippen LogP contribution is 2.26. The van der Waals surface area contributed by atoms with E-state index >= 15 is 0 Å².